The maximum atomic E-state index is 13.6. The van der Waals surface area contributed by atoms with Crippen molar-refractivity contribution in [1.29, 1.82) is 0 Å². The number of carbonyl (C=O) groups is 1. The van der Waals surface area contributed by atoms with Crippen LogP contribution >= 0.6 is 10.7 Å². The van der Waals surface area contributed by atoms with E-state index in [0.29, 0.717) is 24.5 Å². The molecule has 0 aromatic heterocycles. The van der Waals surface area contributed by atoms with Crippen LogP contribution in [0.5, 0.6) is 0 Å². The molecule has 1 N–H and O–H groups in total. The van der Waals surface area contributed by atoms with Crippen LogP contribution in [0.25, 0.3) is 0 Å². The van der Waals surface area contributed by atoms with Crippen molar-refractivity contribution >= 4 is 25.6 Å². The average Bonchev–Trinajstić information content (AvgIpc) is 2.24. The van der Waals surface area contributed by atoms with Gasteiger partial charge in [0.2, 0.25) is 0 Å². The molecule has 0 aliphatic rings. The largest absolute Gasteiger partial charge is 0.349 e. The Morgan fingerprint density at radius 2 is 1.81 bits per heavy atom. The van der Waals surface area contributed by atoms with Gasteiger partial charge in [-0.1, -0.05) is 13.8 Å². The summed E-state index contributed by atoms with van der Waals surface area (Å²) in [6.45, 7) is 5.65. The Bertz CT molecular complexity index is 647. The Hall–Kier alpha value is -1.21. The number of rotatable bonds is 5. The van der Waals surface area contributed by atoms with E-state index in [1.165, 1.54) is 0 Å². The summed E-state index contributed by atoms with van der Waals surface area (Å²) in [7, 11) is 0.642. The van der Waals surface area contributed by atoms with Crippen molar-refractivity contribution in [2.24, 2.45) is 5.92 Å². The monoisotopic (exact) mass is 339 g/mol. The van der Waals surface area contributed by atoms with Gasteiger partial charge in [0.15, 0.2) is 0 Å². The highest BCUT2D eigenvalue weighted by Gasteiger charge is 2.23. The van der Waals surface area contributed by atoms with E-state index < -0.39 is 37.1 Å². The summed E-state index contributed by atoms with van der Waals surface area (Å²) in [6, 6.07) is 0.694. The molecule has 0 aliphatic heterocycles. The summed E-state index contributed by atoms with van der Waals surface area (Å²) in [5, 5.41) is 2.53. The van der Waals surface area contributed by atoms with Crippen LogP contribution in [0.15, 0.2) is 17.0 Å². The predicted molar refractivity (Wildman–Crippen MR) is 75.8 cm³/mol. The zero-order valence-corrected chi connectivity index (χ0v) is 13.4. The zero-order chi connectivity index (χ0) is 16.4. The van der Waals surface area contributed by atoms with E-state index in [1.54, 1.807) is 6.92 Å². The van der Waals surface area contributed by atoms with Gasteiger partial charge < -0.3 is 5.32 Å². The third-order valence-electron chi connectivity index (χ3n) is 2.73. The lowest BCUT2D eigenvalue weighted by atomic mass is 10.0. The second-order valence-electron chi connectivity index (χ2n) is 5.20. The topological polar surface area (TPSA) is 63.2 Å². The summed E-state index contributed by atoms with van der Waals surface area (Å²) in [4.78, 5) is 11.0. The van der Waals surface area contributed by atoms with Gasteiger partial charge in [0.25, 0.3) is 15.0 Å². The Morgan fingerprint density at radius 1 is 1.24 bits per heavy atom. The molecule has 1 amide bonds. The average molecular weight is 340 g/mol. The first kappa shape index (κ1) is 17.8. The minimum absolute atomic E-state index is 0.238. The fraction of sp³-hybridized carbons (Fsp3) is 0.462. The molecule has 0 fully saturated rings. The quantitative estimate of drug-likeness (QED) is 0.839. The minimum Gasteiger partial charge on any atom is -0.349 e. The van der Waals surface area contributed by atoms with E-state index in [-0.39, 0.29) is 6.04 Å². The molecule has 8 heteroatoms. The van der Waals surface area contributed by atoms with Crippen molar-refractivity contribution in [3.63, 3.8) is 0 Å². The lowest BCUT2D eigenvalue weighted by Crippen LogP contribution is -2.34. The molecular weight excluding hydrogens is 324 g/mol. The first-order valence-electron chi connectivity index (χ1n) is 6.27. The number of benzene rings is 1. The summed E-state index contributed by atoms with van der Waals surface area (Å²) in [5.74, 6) is -2.99. The molecule has 0 spiro atoms. The van der Waals surface area contributed by atoms with E-state index in [4.69, 9.17) is 10.7 Å². The lowest BCUT2D eigenvalue weighted by molar-refractivity contribution is 0.0931. The number of hydrogen-bond acceptors (Lipinski definition) is 3. The van der Waals surface area contributed by atoms with Crippen molar-refractivity contribution < 1.29 is 22.0 Å². The molecule has 0 radical (unpaired) electrons. The van der Waals surface area contributed by atoms with Crippen LogP contribution in [0, 0.1) is 17.6 Å². The summed E-state index contributed by atoms with van der Waals surface area (Å²) < 4.78 is 49.4. The van der Waals surface area contributed by atoms with Gasteiger partial charge in [0, 0.05) is 22.8 Å². The Labute approximate surface area is 126 Å². The molecule has 4 nitrogen and oxygen atoms in total. The second kappa shape index (κ2) is 6.70. The highest BCUT2D eigenvalue weighted by atomic mass is 35.7. The Balaban J connectivity index is 3.10. The number of amides is 1. The molecule has 1 rings (SSSR count). The molecule has 0 saturated carbocycles. The van der Waals surface area contributed by atoms with E-state index in [2.05, 4.69) is 5.32 Å². The molecule has 0 saturated heterocycles. The lowest BCUT2D eigenvalue weighted by Gasteiger charge is -2.16. The van der Waals surface area contributed by atoms with Crippen LogP contribution in [-0.2, 0) is 9.05 Å². The number of hydrogen-bond donors (Lipinski definition) is 1. The highest BCUT2D eigenvalue weighted by molar-refractivity contribution is 8.13. The fourth-order valence-corrected chi connectivity index (χ4v) is 2.86. The summed E-state index contributed by atoms with van der Waals surface area (Å²) in [6.07, 6.45) is 0.662. The van der Waals surface area contributed by atoms with Crippen LogP contribution in [0.2, 0.25) is 0 Å². The number of carbonyl (C=O) groups excluding carboxylic acids is 1. The highest BCUT2D eigenvalue weighted by Crippen LogP contribution is 2.23. The van der Waals surface area contributed by atoms with Gasteiger partial charge in [0.05, 0.1) is 5.56 Å². The number of nitrogens with one attached hydrogen (secondary N) is 1. The Kier molecular flexibility index (Phi) is 5.69. The maximum absolute atomic E-state index is 13.6. The van der Waals surface area contributed by atoms with E-state index >= 15 is 0 Å². The molecular formula is C13H16ClF2NO3S. The molecule has 1 aromatic carbocycles. The molecule has 1 atom stereocenters. The van der Waals surface area contributed by atoms with Gasteiger partial charge >= 0.3 is 0 Å². The predicted octanol–water partition coefficient (Wildman–Crippen LogP) is 3.06. The minimum atomic E-state index is -4.40. The molecule has 0 heterocycles. The Morgan fingerprint density at radius 3 is 2.29 bits per heavy atom. The third kappa shape index (κ3) is 4.93. The molecule has 0 bridgehead atoms. The second-order valence-corrected chi connectivity index (χ2v) is 7.74. The maximum Gasteiger partial charge on any atom is 0.264 e. The summed E-state index contributed by atoms with van der Waals surface area (Å²) in [5.41, 5.74) is -0.564. The van der Waals surface area contributed by atoms with E-state index in [1.807, 2.05) is 13.8 Å². The first-order chi connectivity index (χ1) is 9.52. The first-order valence-corrected chi connectivity index (χ1v) is 8.58. The zero-order valence-electron chi connectivity index (χ0n) is 11.8. The molecule has 1 aromatic rings. The van der Waals surface area contributed by atoms with Gasteiger partial charge in [0.1, 0.15) is 16.5 Å². The van der Waals surface area contributed by atoms with Crippen LogP contribution in [0.1, 0.15) is 37.6 Å². The van der Waals surface area contributed by atoms with Crippen molar-refractivity contribution in [2.75, 3.05) is 0 Å². The van der Waals surface area contributed by atoms with Gasteiger partial charge in [-0.25, -0.2) is 17.2 Å². The summed E-state index contributed by atoms with van der Waals surface area (Å²) >= 11 is 0. The van der Waals surface area contributed by atoms with Crippen LogP contribution in [-0.4, -0.2) is 20.4 Å². The van der Waals surface area contributed by atoms with Crippen molar-refractivity contribution in [1.82, 2.24) is 5.32 Å². The molecule has 0 aliphatic carbocycles. The fourth-order valence-electron chi connectivity index (χ4n) is 1.96. The van der Waals surface area contributed by atoms with Crippen molar-refractivity contribution in [3.8, 4) is 0 Å². The van der Waals surface area contributed by atoms with Crippen LogP contribution in [0.3, 0.4) is 0 Å². The van der Waals surface area contributed by atoms with Crippen molar-refractivity contribution in [3.05, 3.63) is 29.3 Å². The number of halogens is 3. The molecule has 118 valence electrons. The normalized spacial score (nSPS) is 13.3. The van der Waals surface area contributed by atoms with Gasteiger partial charge in [-0.2, -0.15) is 0 Å². The van der Waals surface area contributed by atoms with Gasteiger partial charge in [-0.05, 0) is 25.3 Å². The standard InChI is InChI=1S/C13H16ClF2NO3S/c1-7(2)4-8(3)17-13(18)9-5-12(21(14,19)20)11(16)6-10(9)15/h5-8H,4H2,1-3H3,(H,17,18). The van der Waals surface area contributed by atoms with E-state index in [0.717, 1.165) is 0 Å². The van der Waals surface area contributed by atoms with Crippen LogP contribution < -0.4 is 5.32 Å². The molecule has 1 unspecified atom stereocenters. The van der Waals surface area contributed by atoms with Crippen LogP contribution in [0.4, 0.5) is 8.78 Å². The van der Waals surface area contributed by atoms with Gasteiger partial charge in [-0.15, -0.1) is 0 Å². The third-order valence-corrected chi connectivity index (χ3v) is 4.07. The van der Waals surface area contributed by atoms with Crippen molar-refractivity contribution in [2.45, 2.75) is 38.1 Å². The smallest absolute Gasteiger partial charge is 0.264 e. The van der Waals surface area contributed by atoms with Gasteiger partial charge in [-0.3, -0.25) is 4.79 Å². The van der Waals surface area contributed by atoms with E-state index in [9.17, 15) is 22.0 Å². The molecule has 21 heavy (non-hydrogen) atoms. The SMILES string of the molecule is CC(C)CC(C)NC(=O)c1cc(S(=O)(=O)Cl)c(F)cc1F.